The van der Waals surface area contributed by atoms with Gasteiger partial charge in [0.25, 0.3) is 0 Å². The molecule has 1 aliphatic rings. The van der Waals surface area contributed by atoms with Crippen molar-refractivity contribution in [3.05, 3.63) is 65.7 Å². The second-order valence-electron chi connectivity index (χ2n) is 8.93. The fourth-order valence-electron chi connectivity index (χ4n) is 4.90. The molecule has 2 aromatic heterocycles. The molecular weight excluding hydrogens is 422 g/mol. The highest BCUT2D eigenvalue weighted by Gasteiger charge is 2.29. The number of hydrogen-bond acceptors (Lipinski definition) is 5. The third kappa shape index (κ3) is 4.07. The molecule has 0 saturated carbocycles. The first kappa shape index (κ1) is 21.2. The molecule has 0 bridgehead atoms. The van der Waals surface area contributed by atoms with E-state index in [0.29, 0.717) is 18.8 Å². The predicted octanol–water partition coefficient (Wildman–Crippen LogP) is 4.41. The van der Waals surface area contributed by atoms with Crippen molar-refractivity contribution >= 4 is 31.8 Å². The van der Waals surface area contributed by atoms with Gasteiger partial charge in [0.1, 0.15) is 17.2 Å². The maximum atomic E-state index is 12.0. The van der Waals surface area contributed by atoms with Crippen molar-refractivity contribution in [1.82, 2.24) is 14.5 Å². The summed E-state index contributed by atoms with van der Waals surface area (Å²) in [6.07, 6.45) is 2.27. The summed E-state index contributed by atoms with van der Waals surface area (Å²) in [6, 6.07) is 16.4. The maximum absolute atomic E-state index is 12.0. The Bertz CT molecular complexity index is 1370. The van der Waals surface area contributed by atoms with Gasteiger partial charge >= 0.3 is 0 Å². The van der Waals surface area contributed by atoms with Crippen molar-refractivity contribution in [2.75, 3.05) is 18.6 Å². The monoisotopic (exact) mass is 451 g/mol. The van der Waals surface area contributed by atoms with E-state index in [-0.39, 0.29) is 11.7 Å². The van der Waals surface area contributed by atoms with Crippen LogP contribution in [0.15, 0.2) is 52.9 Å². The minimum absolute atomic E-state index is 0.144. The Morgan fingerprint density at radius 3 is 2.72 bits per heavy atom. The molecule has 6 nitrogen and oxygen atoms in total. The van der Waals surface area contributed by atoms with Crippen LogP contribution in [0, 0.1) is 5.92 Å². The number of fused-ring (bicyclic) bond motifs is 2. The highest BCUT2D eigenvalue weighted by Crippen LogP contribution is 2.29. The van der Waals surface area contributed by atoms with Crippen LogP contribution >= 0.6 is 0 Å². The number of furan rings is 1. The smallest absolute Gasteiger partial charge is 0.150 e. The number of para-hydroxylation sites is 3. The van der Waals surface area contributed by atoms with E-state index < -0.39 is 9.84 Å². The minimum Gasteiger partial charge on any atom is -0.461 e. The topological polar surface area (TPSA) is 68.3 Å². The SMILES string of the molecule is CCc1oc2ccccc2c1CN(C)Cn1c(CC2CCS(=O)(=O)C2)nc2ccccc21. The van der Waals surface area contributed by atoms with Gasteiger partial charge in [-0.05, 0) is 37.6 Å². The summed E-state index contributed by atoms with van der Waals surface area (Å²) in [4.78, 5) is 7.16. The first-order valence-corrected chi connectivity index (χ1v) is 13.1. The van der Waals surface area contributed by atoms with Crippen molar-refractivity contribution in [3.63, 3.8) is 0 Å². The fourth-order valence-corrected chi connectivity index (χ4v) is 6.76. The molecule has 0 N–H and O–H groups in total. The molecule has 1 aliphatic heterocycles. The van der Waals surface area contributed by atoms with Gasteiger partial charge in [-0.1, -0.05) is 37.3 Å². The molecule has 1 unspecified atom stereocenters. The molecule has 32 heavy (non-hydrogen) atoms. The van der Waals surface area contributed by atoms with Crippen LogP contribution in [-0.2, 0) is 35.9 Å². The lowest BCUT2D eigenvalue weighted by molar-refractivity contribution is 0.258. The summed E-state index contributed by atoms with van der Waals surface area (Å²) in [6.45, 7) is 3.57. The lowest BCUT2D eigenvalue weighted by Crippen LogP contribution is -2.24. The quantitative estimate of drug-likeness (QED) is 0.416. The Kier molecular flexibility index (Phi) is 5.55. The molecular formula is C25H29N3O3S. The Labute approximate surface area is 188 Å². The van der Waals surface area contributed by atoms with Gasteiger partial charge in [0.2, 0.25) is 0 Å². The first-order chi connectivity index (χ1) is 15.4. The zero-order valence-electron chi connectivity index (χ0n) is 18.6. The molecule has 4 aromatic rings. The maximum Gasteiger partial charge on any atom is 0.150 e. The van der Waals surface area contributed by atoms with Crippen LogP contribution in [-0.4, -0.2) is 41.4 Å². The minimum atomic E-state index is -2.90. The molecule has 168 valence electrons. The van der Waals surface area contributed by atoms with Crippen LogP contribution in [0.1, 0.15) is 30.5 Å². The van der Waals surface area contributed by atoms with Gasteiger partial charge < -0.3 is 8.98 Å². The van der Waals surface area contributed by atoms with Crippen LogP contribution in [0.2, 0.25) is 0 Å². The van der Waals surface area contributed by atoms with Gasteiger partial charge in [0.05, 0.1) is 29.2 Å². The molecule has 0 spiro atoms. The Balaban J connectivity index is 1.43. The van der Waals surface area contributed by atoms with Gasteiger partial charge in [-0.25, -0.2) is 13.4 Å². The standard InChI is InChI=1S/C25H29N3O3S/c1-3-23-20(19-8-4-7-11-24(19)31-23)15-27(2)17-28-22-10-6-5-9-21(22)26-25(28)14-18-12-13-32(29,30)16-18/h4-11,18H,3,12-17H2,1-2H3. The average molecular weight is 452 g/mol. The number of nitrogens with zero attached hydrogens (tertiary/aromatic N) is 3. The predicted molar refractivity (Wildman–Crippen MR) is 127 cm³/mol. The van der Waals surface area contributed by atoms with Gasteiger partial charge in [-0.2, -0.15) is 0 Å². The summed E-state index contributed by atoms with van der Waals surface area (Å²) in [7, 11) is -0.791. The van der Waals surface area contributed by atoms with Crippen molar-refractivity contribution < 1.29 is 12.8 Å². The third-order valence-electron chi connectivity index (χ3n) is 6.45. The summed E-state index contributed by atoms with van der Waals surface area (Å²) >= 11 is 0. The van der Waals surface area contributed by atoms with Gasteiger partial charge in [-0.3, -0.25) is 4.90 Å². The summed E-state index contributed by atoms with van der Waals surface area (Å²) < 4.78 is 32.3. The number of imidazole rings is 1. The van der Waals surface area contributed by atoms with Crippen molar-refractivity contribution in [2.45, 2.75) is 39.4 Å². The van der Waals surface area contributed by atoms with E-state index in [0.717, 1.165) is 47.6 Å². The number of sulfone groups is 1. The number of rotatable bonds is 7. The summed E-state index contributed by atoms with van der Waals surface area (Å²) in [5, 5.41) is 1.17. The van der Waals surface area contributed by atoms with E-state index in [2.05, 4.69) is 41.6 Å². The molecule has 0 radical (unpaired) electrons. The van der Waals surface area contributed by atoms with Gasteiger partial charge in [0.15, 0.2) is 9.84 Å². The van der Waals surface area contributed by atoms with Crippen molar-refractivity contribution in [1.29, 1.82) is 0 Å². The van der Waals surface area contributed by atoms with Crippen LogP contribution in [0.4, 0.5) is 0 Å². The van der Waals surface area contributed by atoms with Gasteiger partial charge in [-0.15, -0.1) is 0 Å². The Morgan fingerprint density at radius 1 is 1.16 bits per heavy atom. The molecule has 1 fully saturated rings. The van der Waals surface area contributed by atoms with Crippen molar-refractivity contribution in [2.24, 2.45) is 5.92 Å². The third-order valence-corrected chi connectivity index (χ3v) is 8.28. The van der Waals surface area contributed by atoms with E-state index in [1.807, 2.05) is 30.3 Å². The van der Waals surface area contributed by atoms with E-state index >= 15 is 0 Å². The largest absolute Gasteiger partial charge is 0.461 e. The molecule has 7 heteroatoms. The molecule has 2 aromatic carbocycles. The number of benzene rings is 2. The summed E-state index contributed by atoms with van der Waals surface area (Å²) in [5.41, 5.74) is 4.21. The zero-order chi connectivity index (χ0) is 22.3. The van der Waals surface area contributed by atoms with E-state index in [1.54, 1.807) is 0 Å². The number of hydrogen-bond donors (Lipinski definition) is 0. The molecule has 3 heterocycles. The highest BCUT2D eigenvalue weighted by atomic mass is 32.2. The average Bonchev–Trinajstić information content (AvgIpc) is 3.42. The van der Waals surface area contributed by atoms with Crippen LogP contribution < -0.4 is 0 Å². The van der Waals surface area contributed by atoms with E-state index in [1.165, 1.54) is 10.9 Å². The number of aryl methyl sites for hydroxylation is 1. The molecule has 1 saturated heterocycles. The highest BCUT2D eigenvalue weighted by molar-refractivity contribution is 7.91. The lowest BCUT2D eigenvalue weighted by Gasteiger charge is -2.20. The molecule has 0 aliphatic carbocycles. The second-order valence-corrected chi connectivity index (χ2v) is 11.2. The lowest BCUT2D eigenvalue weighted by atomic mass is 10.1. The van der Waals surface area contributed by atoms with Gasteiger partial charge in [0, 0.05) is 30.3 Å². The first-order valence-electron chi connectivity index (χ1n) is 11.3. The fraction of sp³-hybridized carbons (Fsp3) is 0.400. The zero-order valence-corrected chi connectivity index (χ0v) is 19.4. The molecule has 1 atom stereocenters. The van der Waals surface area contributed by atoms with E-state index in [9.17, 15) is 8.42 Å². The van der Waals surface area contributed by atoms with Crippen LogP contribution in [0.25, 0.3) is 22.0 Å². The molecule has 5 rings (SSSR count). The van der Waals surface area contributed by atoms with Crippen LogP contribution in [0.3, 0.4) is 0 Å². The summed E-state index contributed by atoms with van der Waals surface area (Å²) in [5.74, 6) is 2.71. The van der Waals surface area contributed by atoms with Crippen molar-refractivity contribution in [3.8, 4) is 0 Å². The van der Waals surface area contributed by atoms with Crippen LogP contribution in [0.5, 0.6) is 0 Å². The Morgan fingerprint density at radius 2 is 1.94 bits per heavy atom. The second kappa shape index (κ2) is 8.37. The van der Waals surface area contributed by atoms with E-state index in [4.69, 9.17) is 9.40 Å². The number of aromatic nitrogens is 2. The normalized spacial score (nSPS) is 18.3. The molecule has 0 amide bonds. The Hall–Kier alpha value is -2.64.